The molecule has 2 aromatic rings. The van der Waals surface area contributed by atoms with Gasteiger partial charge in [-0.05, 0) is 29.1 Å². The lowest BCUT2D eigenvalue weighted by atomic mass is 10.0. The summed E-state index contributed by atoms with van der Waals surface area (Å²) < 4.78 is 4.59. The number of carbonyl (C=O) groups excluding carboxylic acids is 1. The average molecular weight is 255 g/mol. The Hall–Kier alpha value is -1.52. The molecule has 0 radical (unpaired) electrons. The van der Waals surface area contributed by atoms with E-state index >= 15 is 0 Å². The number of halogens is 1. The molecule has 0 saturated heterocycles. The number of nitrogens with one attached hydrogen (secondary N) is 1. The lowest BCUT2D eigenvalue weighted by molar-refractivity contribution is -0.141. The van der Waals surface area contributed by atoms with Gasteiger partial charge in [0.05, 0.1) is 13.5 Å². The number of hydrogen-bond acceptors (Lipinski definition) is 3. The zero-order valence-electron chi connectivity index (χ0n) is 9.47. The average Bonchev–Trinajstić information content (AvgIpc) is 2.75. The van der Waals surface area contributed by atoms with Gasteiger partial charge < -0.3 is 15.5 Å². The highest BCUT2D eigenvalue weighted by Crippen LogP contribution is 2.20. The van der Waals surface area contributed by atoms with Crippen molar-refractivity contribution in [1.82, 2.24) is 4.98 Å². The molecule has 1 heterocycles. The van der Waals surface area contributed by atoms with Crippen LogP contribution in [-0.4, -0.2) is 18.1 Å². The fraction of sp³-hybridized carbons (Fsp3) is 0.250. The quantitative estimate of drug-likeness (QED) is 0.825. The molecule has 4 nitrogen and oxygen atoms in total. The highest BCUT2D eigenvalue weighted by atomic mass is 35.5. The van der Waals surface area contributed by atoms with Crippen molar-refractivity contribution in [2.24, 2.45) is 5.73 Å². The second-order valence-corrected chi connectivity index (χ2v) is 3.71. The van der Waals surface area contributed by atoms with Crippen LogP contribution in [0.25, 0.3) is 10.9 Å². The van der Waals surface area contributed by atoms with Gasteiger partial charge in [0, 0.05) is 17.8 Å². The van der Waals surface area contributed by atoms with Gasteiger partial charge in [0.25, 0.3) is 0 Å². The van der Waals surface area contributed by atoms with Crippen LogP contribution in [0.4, 0.5) is 0 Å². The number of H-pyrrole nitrogens is 1. The van der Waals surface area contributed by atoms with Crippen molar-refractivity contribution < 1.29 is 9.53 Å². The number of hydrogen-bond donors (Lipinski definition) is 2. The van der Waals surface area contributed by atoms with Gasteiger partial charge in [-0.3, -0.25) is 4.79 Å². The first-order valence-corrected chi connectivity index (χ1v) is 5.10. The van der Waals surface area contributed by atoms with Crippen LogP contribution >= 0.6 is 12.4 Å². The molecule has 17 heavy (non-hydrogen) atoms. The molecular weight excluding hydrogens is 240 g/mol. The first-order chi connectivity index (χ1) is 7.70. The van der Waals surface area contributed by atoms with Gasteiger partial charge in [-0.2, -0.15) is 0 Å². The smallest absolute Gasteiger partial charge is 0.307 e. The van der Waals surface area contributed by atoms with Gasteiger partial charge in [0.2, 0.25) is 0 Å². The Balaban J connectivity index is 0.00000144. The van der Waals surface area contributed by atoms with Crippen LogP contribution in [-0.2, 0) is 9.53 Å². The van der Waals surface area contributed by atoms with E-state index in [0.717, 1.165) is 16.5 Å². The van der Waals surface area contributed by atoms with E-state index in [2.05, 4.69) is 9.72 Å². The maximum Gasteiger partial charge on any atom is 0.307 e. The van der Waals surface area contributed by atoms with Crippen LogP contribution < -0.4 is 5.73 Å². The molecule has 0 aliphatic carbocycles. The summed E-state index contributed by atoms with van der Waals surface area (Å²) in [6, 6.07) is 7.53. The number of benzene rings is 1. The normalized spacial score (nSPS) is 11.9. The Morgan fingerprint density at radius 1 is 1.47 bits per heavy atom. The number of carbonyl (C=O) groups is 1. The molecular formula is C12H15ClN2O2. The van der Waals surface area contributed by atoms with Gasteiger partial charge in [-0.25, -0.2) is 0 Å². The van der Waals surface area contributed by atoms with Crippen molar-refractivity contribution in [3.63, 3.8) is 0 Å². The molecule has 0 spiro atoms. The van der Waals surface area contributed by atoms with Crippen molar-refractivity contribution >= 4 is 29.3 Å². The summed E-state index contributed by atoms with van der Waals surface area (Å²) in [5.74, 6) is -0.290. The zero-order chi connectivity index (χ0) is 11.5. The first kappa shape index (κ1) is 13.5. The molecule has 0 saturated carbocycles. The van der Waals surface area contributed by atoms with Crippen molar-refractivity contribution in [3.05, 3.63) is 36.0 Å². The lowest BCUT2D eigenvalue weighted by Gasteiger charge is -2.10. The predicted octanol–water partition coefficient (Wildman–Crippen LogP) is 2.15. The van der Waals surface area contributed by atoms with Gasteiger partial charge >= 0.3 is 5.97 Å². The van der Waals surface area contributed by atoms with Crippen LogP contribution in [0.1, 0.15) is 18.0 Å². The second-order valence-electron chi connectivity index (χ2n) is 3.71. The number of esters is 1. The topological polar surface area (TPSA) is 68.1 Å². The predicted molar refractivity (Wildman–Crippen MR) is 69.1 cm³/mol. The van der Waals surface area contributed by atoms with E-state index in [4.69, 9.17) is 5.73 Å². The monoisotopic (exact) mass is 254 g/mol. The first-order valence-electron chi connectivity index (χ1n) is 5.10. The van der Waals surface area contributed by atoms with E-state index in [1.165, 1.54) is 7.11 Å². The molecule has 0 unspecified atom stereocenters. The molecule has 0 aliphatic heterocycles. The Morgan fingerprint density at radius 2 is 2.24 bits per heavy atom. The fourth-order valence-corrected chi connectivity index (χ4v) is 1.68. The maximum absolute atomic E-state index is 11.1. The summed E-state index contributed by atoms with van der Waals surface area (Å²) >= 11 is 0. The van der Waals surface area contributed by atoms with Crippen molar-refractivity contribution in [2.45, 2.75) is 12.5 Å². The van der Waals surface area contributed by atoms with Gasteiger partial charge in [0.1, 0.15) is 0 Å². The van der Waals surface area contributed by atoms with Crippen LogP contribution in [0.3, 0.4) is 0 Å². The van der Waals surface area contributed by atoms with Gasteiger partial charge in [-0.1, -0.05) is 6.07 Å². The molecule has 0 aliphatic rings. The van der Waals surface area contributed by atoms with Crippen molar-refractivity contribution in [1.29, 1.82) is 0 Å². The number of methoxy groups -OCH3 is 1. The number of aromatic nitrogens is 1. The van der Waals surface area contributed by atoms with E-state index in [9.17, 15) is 4.79 Å². The van der Waals surface area contributed by atoms with E-state index in [1.807, 2.05) is 30.5 Å². The minimum Gasteiger partial charge on any atom is -0.469 e. The molecule has 0 bridgehead atoms. The Labute approximate surface area is 106 Å². The van der Waals surface area contributed by atoms with Crippen LogP contribution in [0, 0.1) is 0 Å². The largest absolute Gasteiger partial charge is 0.469 e. The van der Waals surface area contributed by atoms with Crippen LogP contribution in [0.15, 0.2) is 30.5 Å². The minimum atomic E-state index is -0.313. The third kappa shape index (κ3) is 2.99. The van der Waals surface area contributed by atoms with Crippen LogP contribution in [0.2, 0.25) is 0 Å². The molecule has 92 valence electrons. The number of fused-ring (bicyclic) bond motifs is 1. The SMILES string of the molecule is COC(=O)C[C@H](N)c1ccc2[nH]ccc2c1.Cl. The molecule has 1 aromatic carbocycles. The van der Waals surface area contributed by atoms with Crippen molar-refractivity contribution in [2.75, 3.05) is 7.11 Å². The van der Waals surface area contributed by atoms with Crippen molar-refractivity contribution in [3.8, 4) is 0 Å². The third-order valence-electron chi connectivity index (χ3n) is 2.62. The number of rotatable bonds is 3. The molecule has 3 N–H and O–H groups in total. The Kier molecular flexibility index (Phi) is 4.54. The fourth-order valence-electron chi connectivity index (χ4n) is 1.68. The minimum absolute atomic E-state index is 0. The highest BCUT2D eigenvalue weighted by Gasteiger charge is 2.12. The summed E-state index contributed by atoms with van der Waals surface area (Å²) in [5.41, 5.74) is 7.93. The summed E-state index contributed by atoms with van der Waals surface area (Å²) in [5, 5.41) is 1.10. The van der Waals surface area contributed by atoms with E-state index < -0.39 is 0 Å². The molecule has 1 aromatic heterocycles. The molecule has 1 atom stereocenters. The summed E-state index contributed by atoms with van der Waals surface area (Å²) in [4.78, 5) is 14.2. The maximum atomic E-state index is 11.1. The number of ether oxygens (including phenoxy) is 1. The summed E-state index contributed by atoms with van der Waals surface area (Å²) in [6.45, 7) is 0. The Bertz CT molecular complexity index is 510. The molecule has 0 fully saturated rings. The van der Waals surface area contributed by atoms with E-state index in [-0.39, 0.29) is 30.8 Å². The number of nitrogens with two attached hydrogens (primary N) is 1. The Morgan fingerprint density at radius 3 is 2.94 bits per heavy atom. The summed E-state index contributed by atoms with van der Waals surface area (Å²) in [6.07, 6.45) is 2.08. The lowest BCUT2D eigenvalue weighted by Crippen LogP contribution is -2.16. The van der Waals surface area contributed by atoms with E-state index in [1.54, 1.807) is 0 Å². The standard InChI is InChI=1S/C12H14N2O2.ClH/c1-16-12(15)7-10(13)8-2-3-11-9(6-8)4-5-14-11;/h2-6,10,14H,7,13H2,1H3;1H/t10-;/m0./s1. The van der Waals surface area contributed by atoms with E-state index in [0.29, 0.717) is 0 Å². The molecule has 2 rings (SSSR count). The zero-order valence-corrected chi connectivity index (χ0v) is 10.3. The van der Waals surface area contributed by atoms with Gasteiger partial charge in [-0.15, -0.1) is 12.4 Å². The highest BCUT2D eigenvalue weighted by molar-refractivity contribution is 5.85. The third-order valence-corrected chi connectivity index (χ3v) is 2.62. The molecule has 0 amide bonds. The summed E-state index contributed by atoms with van der Waals surface area (Å²) in [7, 11) is 1.37. The molecule has 5 heteroatoms. The van der Waals surface area contributed by atoms with Gasteiger partial charge in [0.15, 0.2) is 0 Å². The second kappa shape index (κ2) is 5.70. The van der Waals surface area contributed by atoms with Crippen LogP contribution in [0.5, 0.6) is 0 Å². The number of aromatic amines is 1.